The molecule has 0 saturated heterocycles. The fraction of sp³-hybridized carbons (Fsp3) is 0.533. The molecule has 0 unspecified atom stereocenters. The van der Waals surface area contributed by atoms with Crippen molar-refractivity contribution >= 4 is 5.97 Å². The van der Waals surface area contributed by atoms with E-state index in [0.29, 0.717) is 18.1 Å². The summed E-state index contributed by atoms with van der Waals surface area (Å²) in [6, 6.07) is 7.50. The van der Waals surface area contributed by atoms with E-state index < -0.39 is 5.97 Å². The van der Waals surface area contributed by atoms with E-state index in [9.17, 15) is 4.79 Å². The minimum Gasteiger partial charge on any atom is -0.293 e. The Labute approximate surface area is 109 Å². The lowest BCUT2D eigenvalue weighted by Crippen LogP contribution is -2.09. The summed E-state index contributed by atoms with van der Waals surface area (Å²) in [6.07, 6.45) is 3.39. The zero-order chi connectivity index (χ0) is 13.4. The highest BCUT2D eigenvalue weighted by atomic mass is 17.2. The number of aryl methyl sites for hydroxylation is 1. The topological polar surface area (TPSA) is 35.5 Å². The maximum absolute atomic E-state index is 11.6. The molecule has 100 valence electrons. The van der Waals surface area contributed by atoms with E-state index >= 15 is 0 Å². The van der Waals surface area contributed by atoms with Gasteiger partial charge in [-0.1, -0.05) is 39.3 Å². The number of rotatable bonds is 7. The molecule has 18 heavy (non-hydrogen) atoms. The largest absolute Gasteiger partial charge is 0.373 e. The molecule has 0 radical (unpaired) electrons. The fourth-order valence-electron chi connectivity index (χ4n) is 1.46. The number of benzene rings is 1. The highest BCUT2D eigenvalue weighted by Gasteiger charge is 2.08. The zero-order valence-corrected chi connectivity index (χ0v) is 11.4. The van der Waals surface area contributed by atoms with Gasteiger partial charge in [0.25, 0.3) is 0 Å². The average molecular weight is 250 g/mol. The van der Waals surface area contributed by atoms with E-state index in [1.807, 2.05) is 26.0 Å². The quantitative estimate of drug-likeness (QED) is 0.546. The molecular formula is C15H22O3. The Morgan fingerprint density at radius 2 is 1.89 bits per heavy atom. The smallest absolute Gasteiger partial charge is 0.293 e. The molecule has 0 N–H and O–H groups in total. The first kappa shape index (κ1) is 14.7. The lowest BCUT2D eigenvalue weighted by atomic mass is 10.1. The molecular weight excluding hydrogens is 228 g/mol. The lowest BCUT2D eigenvalue weighted by Gasteiger charge is -2.06. The molecule has 0 bridgehead atoms. The number of carbonyl (C=O) groups is 1. The van der Waals surface area contributed by atoms with E-state index in [1.54, 1.807) is 12.1 Å². The van der Waals surface area contributed by atoms with Gasteiger partial charge in [-0.3, -0.25) is 4.89 Å². The van der Waals surface area contributed by atoms with E-state index in [0.717, 1.165) is 6.42 Å². The predicted molar refractivity (Wildman–Crippen MR) is 71.3 cm³/mol. The molecule has 0 aliphatic heterocycles. The van der Waals surface area contributed by atoms with Crippen molar-refractivity contribution in [1.82, 2.24) is 0 Å². The van der Waals surface area contributed by atoms with E-state index in [4.69, 9.17) is 9.78 Å². The zero-order valence-electron chi connectivity index (χ0n) is 11.4. The third kappa shape index (κ3) is 5.32. The summed E-state index contributed by atoms with van der Waals surface area (Å²) in [4.78, 5) is 21.2. The van der Waals surface area contributed by atoms with Crippen LogP contribution in [0, 0.1) is 5.92 Å². The van der Waals surface area contributed by atoms with Gasteiger partial charge in [0, 0.05) is 0 Å². The van der Waals surface area contributed by atoms with Gasteiger partial charge in [-0.15, -0.1) is 0 Å². The Balaban J connectivity index is 2.43. The number of unbranched alkanes of at least 4 members (excludes halogenated alkanes) is 1. The molecule has 1 aromatic carbocycles. The van der Waals surface area contributed by atoms with Crippen LogP contribution in [0.3, 0.4) is 0 Å². The van der Waals surface area contributed by atoms with Gasteiger partial charge in [0.05, 0.1) is 12.2 Å². The lowest BCUT2D eigenvalue weighted by molar-refractivity contribution is -0.246. The maximum Gasteiger partial charge on any atom is 0.373 e. The van der Waals surface area contributed by atoms with Gasteiger partial charge in [-0.05, 0) is 36.5 Å². The van der Waals surface area contributed by atoms with Crippen LogP contribution in [-0.2, 0) is 16.2 Å². The Kier molecular flexibility index (Phi) is 6.44. The average Bonchev–Trinajstić information content (AvgIpc) is 2.36. The van der Waals surface area contributed by atoms with Crippen molar-refractivity contribution in [2.75, 3.05) is 6.61 Å². The van der Waals surface area contributed by atoms with Crippen LogP contribution in [0.1, 0.15) is 49.5 Å². The van der Waals surface area contributed by atoms with Crippen molar-refractivity contribution in [3.63, 3.8) is 0 Å². The van der Waals surface area contributed by atoms with Crippen LogP contribution in [0.25, 0.3) is 0 Å². The van der Waals surface area contributed by atoms with Crippen LogP contribution >= 0.6 is 0 Å². The number of carbonyl (C=O) groups excluding carboxylic acids is 1. The summed E-state index contributed by atoms with van der Waals surface area (Å²) in [5.74, 6) is -0.0908. The first-order chi connectivity index (χ1) is 8.63. The molecule has 3 heteroatoms. The van der Waals surface area contributed by atoms with Crippen LogP contribution in [-0.4, -0.2) is 12.6 Å². The van der Waals surface area contributed by atoms with Gasteiger partial charge in [0.2, 0.25) is 0 Å². The van der Waals surface area contributed by atoms with Crippen molar-refractivity contribution in [3.8, 4) is 0 Å². The van der Waals surface area contributed by atoms with Crippen molar-refractivity contribution in [3.05, 3.63) is 35.4 Å². The van der Waals surface area contributed by atoms with Crippen molar-refractivity contribution in [2.24, 2.45) is 5.92 Å². The maximum atomic E-state index is 11.6. The number of hydrogen-bond acceptors (Lipinski definition) is 3. The van der Waals surface area contributed by atoms with Gasteiger partial charge < -0.3 is 0 Å². The third-order valence-electron chi connectivity index (χ3n) is 2.54. The molecule has 0 fully saturated rings. The molecule has 0 aliphatic rings. The van der Waals surface area contributed by atoms with E-state index in [-0.39, 0.29) is 0 Å². The summed E-state index contributed by atoms with van der Waals surface area (Å²) in [7, 11) is 0. The third-order valence-corrected chi connectivity index (χ3v) is 2.54. The molecule has 3 nitrogen and oxygen atoms in total. The number of hydrogen-bond donors (Lipinski definition) is 0. The second-order valence-electron chi connectivity index (χ2n) is 4.85. The highest BCUT2D eigenvalue weighted by Crippen LogP contribution is 2.09. The second-order valence-corrected chi connectivity index (χ2v) is 4.85. The molecule has 0 aromatic heterocycles. The minimum absolute atomic E-state index is 0.342. The first-order valence-corrected chi connectivity index (χ1v) is 6.56. The van der Waals surface area contributed by atoms with Crippen LogP contribution < -0.4 is 0 Å². The normalized spacial score (nSPS) is 10.7. The molecule has 0 saturated carbocycles. The molecule has 1 aromatic rings. The summed E-state index contributed by atoms with van der Waals surface area (Å²) in [6.45, 7) is 6.57. The first-order valence-electron chi connectivity index (χ1n) is 6.56. The van der Waals surface area contributed by atoms with Gasteiger partial charge >= 0.3 is 5.97 Å². The van der Waals surface area contributed by atoms with Gasteiger partial charge in [-0.2, -0.15) is 4.89 Å². The predicted octanol–water partition coefficient (Wildman–Crippen LogP) is 3.77. The van der Waals surface area contributed by atoms with E-state index in [2.05, 4.69) is 6.92 Å². The molecule has 0 aliphatic carbocycles. The molecule has 0 spiro atoms. The Morgan fingerprint density at radius 1 is 1.22 bits per heavy atom. The van der Waals surface area contributed by atoms with Crippen molar-refractivity contribution < 1.29 is 14.6 Å². The van der Waals surface area contributed by atoms with Crippen LogP contribution in [0.15, 0.2) is 24.3 Å². The standard InChI is InChI=1S/C15H22O3/c1-4-5-6-13-7-9-14(10-8-13)15(16)18-17-11-12(2)3/h7-10,12H,4-6,11H2,1-3H3. The van der Waals surface area contributed by atoms with Gasteiger partial charge in [0.15, 0.2) is 0 Å². The van der Waals surface area contributed by atoms with Crippen LogP contribution in [0.4, 0.5) is 0 Å². The van der Waals surface area contributed by atoms with E-state index in [1.165, 1.54) is 18.4 Å². The minimum atomic E-state index is -0.433. The fourth-order valence-corrected chi connectivity index (χ4v) is 1.46. The molecule has 0 heterocycles. The SMILES string of the molecule is CCCCc1ccc(C(=O)OOCC(C)C)cc1. The Hall–Kier alpha value is -1.35. The second kappa shape index (κ2) is 7.88. The van der Waals surface area contributed by atoms with Crippen LogP contribution in [0.5, 0.6) is 0 Å². The summed E-state index contributed by atoms with van der Waals surface area (Å²) < 4.78 is 0. The highest BCUT2D eigenvalue weighted by molar-refractivity contribution is 5.88. The summed E-state index contributed by atoms with van der Waals surface area (Å²) >= 11 is 0. The van der Waals surface area contributed by atoms with Gasteiger partial charge in [0.1, 0.15) is 0 Å². The summed E-state index contributed by atoms with van der Waals surface area (Å²) in [5.41, 5.74) is 1.77. The Bertz CT molecular complexity index is 355. The monoisotopic (exact) mass is 250 g/mol. The molecule has 0 amide bonds. The summed E-state index contributed by atoms with van der Waals surface area (Å²) in [5, 5.41) is 0. The molecule has 1 rings (SSSR count). The molecule has 0 atom stereocenters. The Morgan fingerprint density at radius 3 is 2.44 bits per heavy atom. The van der Waals surface area contributed by atoms with Crippen molar-refractivity contribution in [1.29, 1.82) is 0 Å². The van der Waals surface area contributed by atoms with Gasteiger partial charge in [-0.25, -0.2) is 4.79 Å². The van der Waals surface area contributed by atoms with Crippen molar-refractivity contribution in [2.45, 2.75) is 40.0 Å². The van der Waals surface area contributed by atoms with Crippen LogP contribution in [0.2, 0.25) is 0 Å².